The van der Waals surface area contributed by atoms with Gasteiger partial charge in [0.1, 0.15) is 6.04 Å². The van der Waals surface area contributed by atoms with Gasteiger partial charge in [-0.25, -0.2) is 4.79 Å². The van der Waals surface area contributed by atoms with Gasteiger partial charge in [0.15, 0.2) is 0 Å². The van der Waals surface area contributed by atoms with E-state index >= 15 is 0 Å². The summed E-state index contributed by atoms with van der Waals surface area (Å²) in [5.74, 6) is 1.18. The first-order valence-corrected chi connectivity index (χ1v) is 12.1. The standard InChI is InChI=1S/C26H41N3O3/c1-18(14-26(2,3)4)13-23(28(5)25(31)32)24(30)27-22-12-11-20-16-29(17-21(20)22)15-19-9-7-6-8-10-19/h6-10,18,20-23H,11-17H2,1-5H3,(H,27,30)(H,31,32)/t18?,20-,21+,22+,23+/m0/s1. The van der Waals surface area contributed by atoms with Crippen LogP contribution in [0, 0.1) is 23.2 Å². The minimum absolute atomic E-state index is 0.135. The van der Waals surface area contributed by atoms with Crippen LogP contribution in [0.25, 0.3) is 0 Å². The SMILES string of the molecule is CC(C[C@H](C(=O)N[C@@H]1CC[C@H]2CN(Cc3ccccc3)C[C@H]21)N(C)C(=O)O)CC(C)(C)C. The third-order valence-electron chi connectivity index (χ3n) is 7.17. The summed E-state index contributed by atoms with van der Waals surface area (Å²) in [4.78, 5) is 28.7. The average Bonchev–Trinajstić information content (AvgIpc) is 3.26. The third-order valence-corrected chi connectivity index (χ3v) is 7.17. The largest absolute Gasteiger partial charge is 0.465 e. The highest BCUT2D eigenvalue weighted by Crippen LogP contribution is 2.39. The lowest BCUT2D eigenvalue weighted by Crippen LogP contribution is -2.52. The molecule has 2 aliphatic rings. The van der Waals surface area contributed by atoms with Gasteiger partial charge in [-0.2, -0.15) is 0 Å². The van der Waals surface area contributed by atoms with Crippen LogP contribution < -0.4 is 5.32 Å². The highest BCUT2D eigenvalue weighted by Gasteiger charge is 2.44. The lowest BCUT2D eigenvalue weighted by Gasteiger charge is -2.31. The summed E-state index contributed by atoms with van der Waals surface area (Å²) in [7, 11) is 1.52. The van der Waals surface area contributed by atoms with Gasteiger partial charge in [-0.15, -0.1) is 0 Å². The zero-order valence-electron chi connectivity index (χ0n) is 20.4. The first-order valence-electron chi connectivity index (χ1n) is 12.1. The highest BCUT2D eigenvalue weighted by atomic mass is 16.4. The van der Waals surface area contributed by atoms with Crippen LogP contribution >= 0.6 is 0 Å². The molecule has 178 valence electrons. The fourth-order valence-electron chi connectivity index (χ4n) is 5.87. The Hall–Kier alpha value is -2.08. The Morgan fingerprint density at radius 3 is 2.50 bits per heavy atom. The molecular formula is C26H41N3O3. The van der Waals surface area contributed by atoms with Gasteiger partial charge in [0, 0.05) is 32.7 Å². The van der Waals surface area contributed by atoms with E-state index in [4.69, 9.17) is 0 Å². The average molecular weight is 444 g/mol. The molecule has 1 heterocycles. The summed E-state index contributed by atoms with van der Waals surface area (Å²) in [6.45, 7) is 11.7. The number of carbonyl (C=O) groups excluding carboxylic acids is 1. The molecule has 3 rings (SSSR count). The Balaban J connectivity index is 1.61. The summed E-state index contributed by atoms with van der Waals surface area (Å²) in [5, 5.41) is 12.8. The molecule has 5 atom stereocenters. The Labute approximate surface area is 193 Å². The predicted molar refractivity (Wildman–Crippen MR) is 127 cm³/mol. The maximum atomic E-state index is 13.3. The molecule has 2 amide bonds. The minimum Gasteiger partial charge on any atom is -0.465 e. The van der Waals surface area contributed by atoms with Crippen LogP contribution in [-0.2, 0) is 11.3 Å². The van der Waals surface area contributed by atoms with Gasteiger partial charge >= 0.3 is 6.09 Å². The molecule has 32 heavy (non-hydrogen) atoms. The molecule has 0 aromatic heterocycles. The molecular weight excluding hydrogens is 402 g/mol. The molecule has 1 saturated heterocycles. The van der Waals surface area contributed by atoms with E-state index in [0.717, 1.165) is 38.9 Å². The van der Waals surface area contributed by atoms with Crippen LogP contribution in [0.15, 0.2) is 30.3 Å². The maximum absolute atomic E-state index is 13.3. The second kappa shape index (κ2) is 10.2. The number of rotatable bonds is 8. The molecule has 2 fully saturated rings. The van der Waals surface area contributed by atoms with E-state index in [-0.39, 0.29) is 23.3 Å². The summed E-state index contributed by atoms with van der Waals surface area (Å²) in [6, 6.07) is 10.0. The van der Waals surface area contributed by atoms with Crippen molar-refractivity contribution in [3.63, 3.8) is 0 Å². The zero-order valence-corrected chi connectivity index (χ0v) is 20.4. The van der Waals surface area contributed by atoms with Crippen LogP contribution in [-0.4, -0.2) is 59.1 Å². The van der Waals surface area contributed by atoms with Crippen molar-refractivity contribution in [3.8, 4) is 0 Å². The molecule has 1 aliphatic heterocycles. The molecule has 6 heteroatoms. The van der Waals surface area contributed by atoms with Crippen molar-refractivity contribution in [1.29, 1.82) is 0 Å². The first kappa shape index (κ1) is 24.6. The second-order valence-electron chi connectivity index (χ2n) is 11.3. The number of likely N-dealkylation sites (tertiary alicyclic amines) is 1. The number of benzene rings is 1. The molecule has 1 saturated carbocycles. The minimum atomic E-state index is -1.05. The normalized spacial score (nSPS) is 25.2. The van der Waals surface area contributed by atoms with E-state index in [1.807, 2.05) is 6.07 Å². The van der Waals surface area contributed by atoms with Crippen molar-refractivity contribution in [2.45, 2.75) is 72.0 Å². The van der Waals surface area contributed by atoms with Gasteiger partial charge in [-0.05, 0) is 54.4 Å². The molecule has 0 bridgehead atoms. The predicted octanol–water partition coefficient (Wildman–Crippen LogP) is 4.45. The zero-order chi connectivity index (χ0) is 23.5. The maximum Gasteiger partial charge on any atom is 0.407 e. The van der Waals surface area contributed by atoms with E-state index in [2.05, 4.69) is 62.2 Å². The van der Waals surface area contributed by atoms with Crippen molar-refractivity contribution >= 4 is 12.0 Å². The second-order valence-corrected chi connectivity index (χ2v) is 11.3. The Bertz CT molecular complexity index is 776. The van der Waals surface area contributed by atoms with E-state index < -0.39 is 12.1 Å². The molecule has 0 spiro atoms. The monoisotopic (exact) mass is 443 g/mol. The number of hydrogen-bond donors (Lipinski definition) is 2. The van der Waals surface area contributed by atoms with E-state index in [1.54, 1.807) is 0 Å². The van der Waals surface area contributed by atoms with Gasteiger partial charge in [-0.1, -0.05) is 58.0 Å². The molecule has 1 aliphatic carbocycles. The van der Waals surface area contributed by atoms with Crippen LogP contribution in [0.2, 0.25) is 0 Å². The number of fused-ring (bicyclic) bond motifs is 1. The first-order chi connectivity index (χ1) is 15.0. The highest BCUT2D eigenvalue weighted by molar-refractivity contribution is 5.85. The smallest absolute Gasteiger partial charge is 0.407 e. The van der Waals surface area contributed by atoms with Crippen molar-refractivity contribution < 1.29 is 14.7 Å². The number of nitrogens with one attached hydrogen (secondary N) is 1. The number of nitrogens with zero attached hydrogens (tertiary/aromatic N) is 2. The van der Waals surface area contributed by atoms with Crippen LogP contribution in [0.5, 0.6) is 0 Å². The quantitative estimate of drug-likeness (QED) is 0.622. The van der Waals surface area contributed by atoms with Crippen LogP contribution in [0.1, 0.15) is 58.9 Å². The van der Waals surface area contributed by atoms with E-state index in [1.165, 1.54) is 17.5 Å². The fraction of sp³-hybridized carbons (Fsp3) is 0.692. The lowest BCUT2D eigenvalue weighted by atomic mass is 9.82. The molecule has 1 unspecified atom stereocenters. The van der Waals surface area contributed by atoms with Gasteiger partial charge in [-0.3, -0.25) is 14.6 Å². The molecule has 1 aromatic rings. The Morgan fingerprint density at radius 1 is 1.19 bits per heavy atom. The van der Waals surface area contributed by atoms with Crippen molar-refractivity contribution in [2.75, 3.05) is 20.1 Å². The van der Waals surface area contributed by atoms with E-state index in [9.17, 15) is 14.7 Å². The summed E-state index contributed by atoms with van der Waals surface area (Å²) < 4.78 is 0. The van der Waals surface area contributed by atoms with Crippen molar-refractivity contribution in [2.24, 2.45) is 23.2 Å². The Kier molecular flexibility index (Phi) is 7.86. The van der Waals surface area contributed by atoms with Gasteiger partial charge in [0.05, 0.1) is 0 Å². The van der Waals surface area contributed by atoms with Crippen LogP contribution in [0.3, 0.4) is 0 Å². The van der Waals surface area contributed by atoms with Crippen LogP contribution in [0.4, 0.5) is 4.79 Å². The summed E-state index contributed by atoms with van der Waals surface area (Å²) in [6.07, 6.45) is 2.56. The van der Waals surface area contributed by atoms with Gasteiger partial charge in [0.25, 0.3) is 0 Å². The van der Waals surface area contributed by atoms with Gasteiger partial charge in [0.2, 0.25) is 5.91 Å². The molecule has 2 N–H and O–H groups in total. The topological polar surface area (TPSA) is 72.9 Å². The molecule has 0 radical (unpaired) electrons. The summed E-state index contributed by atoms with van der Waals surface area (Å²) >= 11 is 0. The van der Waals surface area contributed by atoms with Crippen molar-refractivity contribution in [1.82, 2.24) is 15.1 Å². The Morgan fingerprint density at radius 2 is 1.88 bits per heavy atom. The number of hydrogen-bond acceptors (Lipinski definition) is 3. The molecule has 1 aromatic carbocycles. The van der Waals surface area contributed by atoms with E-state index in [0.29, 0.717) is 18.3 Å². The molecule has 6 nitrogen and oxygen atoms in total. The fourth-order valence-corrected chi connectivity index (χ4v) is 5.87. The number of amides is 2. The van der Waals surface area contributed by atoms with Gasteiger partial charge < -0.3 is 10.4 Å². The number of carbonyl (C=O) groups is 2. The third kappa shape index (κ3) is 6.47. The lowest BCUT2D eigenvalue weighted by molar-refractivity contribution is -0.127. The van der Waals surface area contributed by atoms with Crippen molar-refractivity contribution in [3.05, 3.63) is 35.9 Å². The summed E-state index contributed by atoms with van der Waals surface area (Å²) in [5.41, 5.74) is 1.47. The number of likely N-dealkylation sites (N-methyl/N-ethyl adjacent to an activating group) is 1. The number of carboxylic acid groups (broad SMARTS) is 1.